The van der Waals surface area contributed by atoms with Crippen LogP contribution in [0.15, 0.2) is 48.7 Å². The van der Waals surface area contributed by atoms with Gasteiger partial charge in [-0.05, 0) is 43.7 Å². The van der Waals surface area contributed by atoms with E-state index in [4.69, 9.17) is 0 Å². The number of aromatic nitrogens is 2. The highest BCUT2D eigenvalue weighted by Gasteiger charge is 2.37. The number of aryl methyl sites for hydroxylation is 2. The van der Waals surface area contributed by atoms with E-state index < -0.39 is 0 Å². The largest absolute Gasteiger partial charge is 0.339 e. The van der Waals surface area contributed by atoms with Crippen molar-refractivity contribution in [1.82, 2.24) is 19.6 Å². The number of piperidine rings is 2. The zero-order valence-electron chi connectivity index (χ0n) is 17.4. The normalized spacial score (nSPS) is 22.7. The zero-order chi connectivity index (χ0) is 20.1. The van der Waals surface area contributed by atoms with Crippen LogP contribution < -0.4 is 0 Å². The summed E-state index contributed by atoms with van der Waals surface area (Å²) in [5.41, 5.74) is 2.26. The summed E-state index contributed by atoms with van der Waals surface area (Å²) in [6.45, 7) is 6.75. The Morgan fingerprint density at radius 2 is 2.03 bits per heavy atom. The standard InChI is InChI=1S/C24H32N4O/c1-20-11-17-27(25-20)18-13-24(29)28-15-6-10-22-19-26(16-12-23(22)28)14-5-9-21-7-3-2-4-8-21/h2-5,7-9,11,17,22-23H,6,10,12-16,18-19H2,1H3/b9-5+/t22-,23-/m1/s1. The Hall–Kier alpha value is -2.40. The number of benzene rings is 1. The Morgan fingerprint density at radius 1 is 1.17 bits per heavy atom. The minimum atomic E-state index is 0.297. The van der Waals surface area contributed by atoms with Gasteiger partial charge in [-0.1, -0.05) is 42.5 Å². The Labute approximate surface area is 174 Å². The van der Waals surface area contributed by atoms with E-state index >= 15 is 0 Å². The van der Waals surface area contributed by atoms with E-state index in [1.807, 2.05) is 29.9 Å². The van der Waals surface area contributed by atoms with E-state index in [-0.39, 0.29) is 0 Å². The smallest absolute Gasteiger partial charge is 0.224 e. The van der Waals surface area contributed by atoms with Crippen LogP contribution in [0.25, 0.3) is 6.08 Å². The summed E-state index contributed by atoms with van der Waals surface area (Å²) in [7, 11) is 0. The Balaban J connectivity index is 1.28. The van der Waals surface area contributed by atoms with Gasteiger partial charge in [0.15, 0.2) is 0 Å². The van der Waals surface area contributed by atoms with E-state index in [9.17, 15) is 4.79 Å². The minimum absolute atomic E-state index is 0.297. The first-order chi connectivity index (χ1) is 14.2. The van der Waals surface area contributed by atoms with Gasteiger partial charge in [-0.15, -0.1) is 0 Å². The monoisotopic (exact) mass is 392 g/mol. The molecule has 2 aliphatic heterocycles. The lowest BCUT2D eigenvalue weighted by Crippen LogP contribution is -2.55. The van der Waals surface area contributed by atoms with Gasteiger partial charge in [-0.2, -0.15) is 5.10 Å². The van der Waals surface area contributed by atoms with Crippen molar-refractivity contribution in [2.45, 2.75) is 45.2 Å². The maximum atomic E-state index is 12.9. The van der Waals surface area contributed by atoms with Gasteiger partial charge in [0.05, 0.1) is 5.69 Å². The van der Waals surface area contributed by atoms with Crippen molar-refractivity contribution in [3.8, 4) is 0 Å². The summed E-state index contributed by atoms with van der Waals surface area (Å²) < 4.78 is 1.89. The first kappa shape index (κ1) is 19.9. The second kappa shape index (κ2) is 9.40. The first-order valence-electron chi connectivity index (χ1n) is 10.9. The number of amides is 1. The van der Waals surface area contributed by atoms with Crippen LogP contribution in [0.1, 0.15) is 36.9 Å². The predicted molar refractivity (Wildman–Crippen MR) is 116 cm³/mol. The average Bonchev–Trinajstić information content (AvgIpc) is 3.17. The molecule has 2 aromatic rings. The molecule has 2 fully saturated rings. The molecule has 2 aliphatic rings. The molecule has 0 radical (unpaired) electrons. The molecule has 1 aromatic carbocycles. The molecule has 0 spiro atoms. The van der Waals surface area contributed by atoms with Gasteiger partial charge in [0.1, 0.15) is 0 Å². The molecular formula is C24H32N4O. The number of nitrogens with zero attached hydrogens (tertiary/aromatic N) is 4. The minimum Gasteiger partial charge on any atom is -0.339 e. The van der Waals surface area contributed by atoms with E-state index in [0.717, 1.165) is 44.7 Å². The second-order valence-electron chi connectivity index (χ2n) is 8.39. The third-order valence-corrected chi connectivity index (χ3v) is 6.27. The molecular weight excluding hydrogens is 360 g/mol. The molecule has 1 amide bonds. The molecule has 0 saturated carbocycles. The SMILES string of the molecule is Cc1ccn(CCC(=O)N2CCC[C@@H]3CN(C/C=C/c4ccccc4)CC[C@H]32)n1. The van der Waals surface area contributed by atoms with Crippen LogP contribution in [0, 0.1) is 12.8 Å². The van der Waals surface area contributed by atoms with Gasteiger partial charge in [0.25, 0.3) is 0 Å². The van der Waals surface area contributed by atoms with Crippen molar-refractivity contribution in [1.29, 1.82) is 0 Å². The van der Waals surface area contributed by atoms with Gasteiger partial charge in [0.2, 0.25) is 5.91 Å². The number of carbonyl (C=O) groups excluding carboxylic acids is 1. The maximum Gasteiger partial charge on any atom is 0.224 e. The molecule has 4 rings (SSSR count). The molecule has 2 saturated heterocycles. The van der Waals surface area contributed by atoms with Gasteiger partial charge >= 0.3 is 0 Å². The molecule has 3 heterocycles. The van der Waals surface area contributed by atoms with Crippen LogP contribution in [0.5, 0.6) is 0 Å². The first-order valence-corrected chi connectivity index (χ1v) is 10.9. The van der Waals surface area contributed by atoms with E-state index in [1.165, 1.54) is 12.0 Å². The number of hydrogen-bond acceptors (Lipinski definition) is 3. The van der Waals surface area contributed by atoms with Crippen LogP contribution >= 0.6 is 0 Å². The highest BCUT2D eigenvalue weighted by molar-refractivity contribution is 5.76. The van der Waals surface area contributed by atoms with Crippen molar-refractivity contribution < 1.29 is 4.79 Å². The van der Waals surface area contributed by atoms with Gasteiger partial charge in [-0.3, -0.25) is 14.4 Å². The fraction of sp³-hybridized carbons (Fsp3) is 0.500. The van der Waals surface area contributed by atoms with Gasteiger partial charge < -0.3 is 4.90 Å². The predicted octanol–water partition coefficient (Wildman–Crippen LogP) is 3.61. The second-order valence-corrected chi connectivity index (χ2v) is 8.39. The van der Waals surface area contributed by atoms with Crippen LogP contribution in [0.2, 0.25) is 0 Å². The summed E-state index contributed by atoms with van der Waals surface area (Å²) in [6.07, 6.45) is 10.5. The molecule has 5 heteroatoms. The van der Waals surface area contributed by atoms with Crippen molar-refractivity contribution in [2.24, 2.45) is 5.92 Å². The molecule has 29 heavy (non-hydrogen) atoms. The molecule has 154 valence electrons. The van der Waals surface area contributed by atoms with Gasteiger partial charge in [0, 0.05) is 51.4 Å². The zero-order valence-corrected chi connectivity index (χ0v) is 17.4. The highest BCUT2D eigenvalue weighted by Crippen LogP contribution is 2.31. The molecule has 5 nitrogen and oxygen atoms in total. The molecule has 0 unspecified atom stereocenters. The fourth-order valence-electron chi connectivity index (χ4n) is 4.80. The Morgan fingerprint density at radius 3 is 2.83 bits per heavy atom. The van der Waals surface area contributed by atoms with Crippen molar-refractivity contribution in [3.63, 3.8) is 0 Å². The third kappa shape index (κ3) is 5.15. The van der Waals surface area contributed by atoms with E-state index in [1.54, 1.807) is 0 Å². The average molecular weight is 393 g/mol. The molecule has 1 aromatic heterocycles. The third-order valence-electron chi connectivity index (χ3n) is 6.27. The molecule has 2 atom stereocenters. The molecule has 0 bridgehead atoms. The van der Waals surface area contributed by atoms with E-state index in [0.29, 0.717) is 30.8 Å². The molecule has 0 aliphatic carbocycles. The Kier molecular flexibility index (Phi) is 6.45. The van der Waals surface area contributed by atoms with Crippen LogP contribution in [0.3, 0.4) is 0 Å². The topological polar surface area (TPSA) is 41.4 Å². The number of carbonyl (C=O) groups is 1. The number of fused-ring (bicyclic) bond motifs is 1. The van der Waals surface area contributed by atoms with Crippen molar-refractivity contribution in [3.05, 3.63) is 59.9 Å². The lowest BCUT2D eigenvalue weighted by Gasteiger charge is -2.47. The van der Waals surface area contributed by atoms with Crippen LogP contribution in [-0.2, 0) is 11.3 Å². The van der Waals surface area contributed by atoms with Crippen LogP contribution in [0.4, 0.5) is 0 Å². The van der Waals surface area contributed by atoms with Crippen LogP contribution in [-0.4, -0.2) is 57.7 Å². The number of rotatable bonds is 6. The lowest BCUT2D eigenvalue weighted by atomic mass is 9.83. The van der Waals surface area contributed by atoms with Gasteiger partial charge in [-0.25, -0.2) is 0 Å². The lowest BCUT2D eigenvalue weighted by molar-refractivity contribution is -0.138. The van der Waals surface area contributed by atoms with Crippen molar-refractivity contribution in [2.75, 3.05) is 26.2 Å². The maximum absolute atomic E-state index is 12.9. The summed E-state index contributed by atoms with van der Waals surface area (Å²) in [5, 5.41) is 4.40. The molecule has 0 N–H and O–H groups in total. The Bertz CT molecular complexity index is 828. The number of hydrogen-bond donors (Lipinski definition) is 0. The summed E-state index contributed by atoms with van der Waals surface area (Å²) in [4.78, 5) is 17.6. The summed E-state index contributed by atoms with van der Waals surface area (Å²) >= 11 is 0. The summed E-state index contributed by atoms with van der Waals surface area (Å²) in [6, 6.07) is 12.9. The quantitative estimate of drug-likeness (QED) is 0.754. The highest BCUT2D eigenvalue weighted by atomic mass is 16.2. The van der Waals surface area contributed by atoms with Crippen molar-refractivity contribution >= 4 is 12.0 Å². The summed E-state index contributed by atoms with van der Waals surface area (Å²) in [5.74, 6) is 0.906. The fourth-order valence-corrected chi connectivity index (χ4v) is 4.80. The van der Waals surface area contributed by atoms with E-state index in [2.05, 4.69) is 51.3 Å². The number of likely N-dealkylation sites (tertiary alicyclic amines) is 2.